The molecule has 0 aliphatic heterocycles. The number of anilines is 2. The van der Waals surface area contributed by atoms with Crippen molar-refractivity contribution in [2.45, 2.75) is 198 Å². The first-order valence-electron chi connectivity index (χ1n) is 38.1. The fourth-order valence-corrected chi connectivity index (χ4v) is 9.44. The molecule has 0 spiro atoms. The Hall–Kier alpha value is -10.3. The van der Waals surface area contributed by atoms with Crippen molar-refractivity contribution < 1.29 is 58.8 Å². The number of aliphatic hydroxyl groups excluding tert-OH is 2. The third-order valence-corrected chi connectivity index (χ3v) is 16.9. The van der Waals surface area contributed by atoms with E-state index in [0.717, 1.165) is 50.3 Å². The number of Topliss-reactive ketones (excluding diaryl/α,β-unsaturated/α-hetero) is 8. The molecule has 8 aromatic carbocycles. The summed E-state index contributed by atoms with van der Waals surface area (Å²) in [7, 11) is 1.86. The van der Waals surface area contributed by atoms with E-state index in [2.05, 4.69) is 17.3 Å². The number of aromatic hydroxyl groups is 2. The number of benzene rings is 8. The van der Waals surface area contributed by atoms with E-state index in [1.807, 2.05) is 314 Å². The summed E-state index contributed by atoms with van der Waals surface area (Å²) in [5.41, 5.74) is 9.47. The number of aliphatic hydroxyl groups is 2. The number of rotatable bonds is 16. The Bertz CT molecular complexity index is 4180. The number of nitrogens with two attached hydrogens (primary N) is 1. The van der Waals surface area contributed by atoms with Gasteiger partial charge in [0.1, 0.15) is 35.3 Å². The number of nitrogens with one attached hydrogen (secondary N) is 2. The number of hydrogen-bond acceptors (Lipinski definition) is 15. The maximum Gasteiger partial charge on any atom is 0.171 e. The van der Waals surface area contributed by atoms with E-state index < -0.39 is 28.5 Å². The van der Waals surface area contributed by atoms with E-state index in [1.54, 1.807) is 91.0 Å². The Balaban J connectivity index is 0.000000646. The van der Waals surface area contributed by atoms with Crippen molar-refractivity contribution >= 4 is 69.8 Å². The molecule has 0 saturated heterocycles. The topological polar surface area (TPSA) is 268 Å². The van der Waals surface area contributed by atoms with Crippen LogP contribution in [-0.4, -0.2) is 73.7 Å². The summed E-state index contributed by atoms with van der Waals surface area (Å²) >= 11 is 0. The number of aryl methyl sites for hydroxylation is 1. The molecule has 0 aromatic heterocycles. The highest BCUT2D eigenvalue weighted by Gasteiger charge is 2.31. The molecule has 0 heterocycles. The van der Waals surface area contributed by atoms with Gasteiger partial charge in [-0.25, -0.2) is 0 Å². The SMILES string of the molecule is C=Cc1ccc(C(=O)C(C)(C)C)cc1.CC(C)(C)C(=O)C(O)c1ccccc1.CC(C)(C)C(=O)C(O)c1ccccc1.CC(C)(C)C(=O)C/C=C/c1ccccc1.CC(C)(C)C(=O)Cc1ccc(O)cc1.CC(C)(C)C(=O)c1ccc(NN)cc1.CNc1ccc(C(=O)C(C)(C)C)cc1.Cc1ccc(C(=O)C(C)(C)C)c(O)c1. The molecule has 2 unspecified atom stereocenters. The third kappa shape index (κ3) is 38.2. The maximum atomic E-state index is 11.8. The van der Waals surface area contributed by atoms with E-state index in [4.69, 9.17) is 10.9 Å². The normalized spacial score (nSPS) is 11.9. The molecule has 15 nitrogen and oxygen atoms in total. The lowest BCUT2D eigenvalue weighted by Crippen LogP contribution is -2.26. The van der Waals surface area contributed by atoms with Gasteiger partial charge in [0.2, 0.25) is 0 Å². The van der Waals surface area contributed by atoms with Gasteiger partial charge < -0.3 is 31.2 Å². The molecular weight excluding hydrogens is 1410 g/mol. The Morgan fingerprint density at radius 1 is 0.398 bits per heavy atom. The molecule has 8 N–H and O–H groups in total. The second-order valence-corrected chi connectivity index (χ2v) is 35.8. The van der Waals surface area contributed by atoms with Gasteiger partial charge in [-0.2, -0.15) is 0 Å². The number of ketones is 8. The largest absolute Gasteiger partial charge is 0.508 e. The molecule has 0 radical (unpaired) electrons. The van der Waals surface area contributed by atoms with Crippen molar-refractivity contribution in [1.29, 1.82) is 0 Å². The first-order chi connectivity index (χ1) is 51.9. The first-order valence-corrected chi connectivity index (χ1v) is 38.1. The van der Waals surface area contributed by atoms with Crippen LogP contribution in [0.4, 0.5) is 11.4 Å². The summed E-state index contributed by atoms with van der Waals surface area (Å²) in [6, 6.07) is 62.1. The zero-order valence-electron chi connectivity index (χ0n) is 72.3. The number of allylic oxidation sites excluding steroid dienone is 1. The van der Waals surface area contributed by atoms with Gasteiger partial charge in [0.25, 0.3) is 0 Å². The predicted molar refractivity (Wildman–Crippen MR) is 467 cm³/mol. The zero-order valence-corrected chi connectivity index (χ0v) is 72.3. The average Bonchev–Trinajstić information content (AvgIpc) is 0.849. The molecule has 0 amide bonds. The first kappa shape index (κ1) is 101. The molecule has 15 heteroatoms. The summed E-state index contributed by atoms with van der Waals surface area (Å²) in [5.74, 6) is 6.18. The highest BCUT2D eigenvalue weighted by Crippen LogP contribution is 2.31. The lowest BCUT2D eigenvalue weighted by Gasteiger charge is -2.20. The van der Waals surface area contributed by atoms with Crippen LogP contribution >= 0.6 is 0 Å². The van der Waals surface area contributed by atoms with Gasteiger partial charge in [0.15, 0.2) is 34.7 Å². The number of carbonyl (C=O) groups is 8. The van der Waals surface area contributed by atoms with Crippen LogP contribution < -0.4 is 16.6 Å². The lowest BCUT2D eigenvalue weighted by molar-refractivity contribution is -0.135. The van der Waals surface area contributed by atoms with Crippen LogP contribution in [0.1, 0.15) is 260 Å². The molecule has 113 heavy (non-hydrogen) atoms. The van der Waals surface area contributed by atoms with Gasteiger partial charge in [-0.05, 0) is 113 Å². The number of hydrogen-bond donors (Lipinski definition) is 7. The number of phenols is 2. The fraction of sp³-hybridized carbons (Fsp3) is 0.388. The monoisotopic (exact) mass is 1540 g/mol. The van der Waals surface area contributed by atoms with Crippen LogP contribution in [0.5, 0.6) is 11.5 Å². The second kappa shape index (κ2) is 45.4. The molecule has 2 atom stereocenters. The average molecular weight is 1540 g/mol. The minimum absolute atomic E-state index is 0.0324. The Kier molecular flexibility index (Phi) is 40.4. The Morgan fingerprint density at radius 3 is 1.05 bits per heavy atom. The molecular formula is C98H131N3O12. The van der Waals surface area contributed by atoms with E-state index in [-0.39, 0.29) is 84.8 Å². The summed E-state index contributed by atoms with van der Waals surface area (Å²) < 4.78 is 0. The molecule has 0 aliphatic rings. The fourth-order valence-electron chi connectivity index (χ4n) is 9.44. The number of nitrogen functional groups attached to an aromatic ring is 1. The van der Waals surface area contributed by atoms with Crippen LogP contribution in [0, 0.1) is 50.2 Å². The summed E-state index contributed by atoms with van der Waals surface area (Å²) in [6.07, 6.45) is 4.63. The standard InChI is InChI=1S/C14H18O.C13H16O.C12H17NO.4C12H16O2.C11H16N2O/c1-14(2,3)13(15)11-7-10-12-8-5-4-6-9-12;1-5-10-6-8-11(9-7-10)12(14)13(2,3)4;1-12(2,3)11(14)9-5-7-10(13-4)8-6-9;1-8-5-6-9(10(13)7-8)11(14)12(2,3)4;1-12(2,3)11(14)8-9-4-6-10(13)7-5-9;2*1-12(2,3)11(14)10(13)9-7-5-4-6-8-9;1-11(2,3)10(14)8-4-6-9(13-12)7-5-8/h4-10H,11H2,1-3H3;5-9H,1H2,2-4H3;5-8,13H,1-4H3;5-7,13H,1-4H3;4-7,13H,8H2,1-3H3;2*4-8,10,13H,1-3H3;4-7,13H,12H2,1-3H3/b10-7+;;;;;;;. The quantitative estimate of drug-likeness (QED) is 0.0269. The molecule has 0 fully saturated rings. The van der Waals surface area contributed by atoms with E-state index in [1.165, 1.54) is 0 Å². The Morgan fingerprint density at radius 2 is 0.743 bits per heavy atom. The molecule has 8 aromatic rings. The van der Waals surface area contributed by atoms with E-state index >= 15 is 0 Å². The van der Waals surface area contributed by atoms with E-state index in [0.29, 0.717) is 29.5 Å². The molecule has 0 aliphatic carbocycles. The van der Waals surface area contributed by atoms with Crippen molar-refractivity contribution in [3.05, 3.63) is 275 Å². The van der Waals surface area contributed by atoms with Gasteiger partial charge >= 0.3 is 0 Å². The van der Waals surface area contributed by atoms with Gasteiger partial charge in [-0.15, -0.1) is 0 Å². The molecule has 610 valence electrons. The van der Waals surface area contributed by atoms with Crippen molar-refractivity contribution in [2.75, 3.05) is 17.8 Å². The van der Waals surface area contributed by atoms with E-state index in [9.17, 15) is 53.7 Å². The summed E-state index contributed by atoms with van der Waals surface area (Å²) in [6.45, 7) is 50.8. The number of hydrazine groups is 1. The lowest BCUT2D eigenvalue weighted by atomic mass is 9.85. The molecule has 0 bridgehead atoms. The van der Waals surface area contributed by atoms with Crippen molar-refractivity contribution in [2.24, 2.45) is 49.2 Å². The van der Waals surface area contributed by atoms with Crippen molar-refractivity contribution in [3.8, 4) is 11.5 Å². The van der Waals surface area contributed by atoms with Gasteiger partial charge in [0, 0.05) is 91.3 Å². The highest BCUT2D eigenvalue weighted by atomic mass is 16.3. The molecule has 8 rings (SSSR count). The van der Waals surface area contributed by atoms with Crippen molar-refractivity contribution in [3.63, 3.8) is 0 Å². The predicted octanol–water partition coefficient (Wildman–Crippen LogP) is 22.6. The van der Waals surface area contributed by atoms with Gasteiger partial charge in [-0.1, -0.05) is 324 Å². The zero-order chi connectivity index (χ0) is 86.8. The van der Waals surface area contributed by atoms with Crippen LogP contribution in [0.25, 0.3) is 12.2 Å². The minimum Gasteiger partial charge on any atom is -0.508 e. The van der Waals surface area contributed by atoms with Crippen LogP contribution in [0.3, 0.4) is 0 Å². The molecule has 0 saturated carbocycles. The summed E-state index contributed by atoms with van der Waals surface area (Å²) in [4.78, 5) is 94.0. The number of carbonyl (C=O) groups excluding carboxylic acids is 8. The maximum absolute atomic E-state index is 11.8. The number of phenolic OH excluding ortho intramolecular Hbond substituents is 2. The summed E-state index contributed by atoms with van der Waals surface area (Å²) in [5, 5.41) is 41.2. The van der Waals surface area contributed by atoms with Crippen LogP contribution in [0.2, 0.25) is 0 Å². The van der Waals surface area contributed by atoms with Gasteiger partial charge in [0.05, 0.1) is 5.56 Å². The van der Waals surface area contributed by atoms with Crippen molar-refractivity contribution in [1.82, 2.24) is 0 Å². The van der Waals surface area contributed by atoms with Gasteiger partial charge in [-0.3, -0.25) is 44.2 Å². The van der Waals surface area contributed by atoms with Crippen LogP contribution in [0.15, 0.2) is 219 Å². The smallest absolute Gasteiger partial charge is 0.171 e. The second-order valence-electron chi connectivity index (χ2n) is 35.8. The third-order valence-electron chi connectivity index (χ3n) is 16.9. The minimum atomic E-state index is -1.00. The Labute approximate surface area is 676 Å². The highest BCUT2D eigenvalue weighted by molar-refractivity contribution is 6.03. The van der Waals surface area contributed by atoms with Crippen LogP contribution in [-0.2, 0) is 25.6 Å².